The van der Waals surface area contributed by atoms with Crippen molar-refractivity contribution < 1.29 is 9.26 Å². The molecule has 0 fully saturated rings. The van der Waals surface area contributed by atoms with Crippen molar-refractivity contribution in [3.05, 3.63) is 41.6 Å². The number of rotatable bonds is 8. The minimum Gasteiger partial charge on any atom is -0.478 e. The van der Waals surface area contributed by atoms with Gasteiger partial charge in [0.1, 0.15) is 5.16 Å². The van der Waals surface area contributed by atoms with Gasteiger partial charge in [-0.15, -0.1) is 0 Å². The van der Waals surface area contributed by atoms with Crippen molar-refractivity contribution in [3.63, 3.8) is 0 Å². The van der Waals surface area contributed by atoms with E-state index in [-0.39, 0.29) is 0 Å². The Hall–Kier alpha value is -1.09. The van der Waals surface area contributed by atoms with Crippen LogP contribution in [0.3, 0.4) is 0 Å². The highest BCUT2D eigenvalue weighted by atomic mass is 35.5. The molecule has 23 heavy (non-hydrogen) atoms. The Labute approximate surface area is 143 Å². The normalized spacial score (nSPS) is 20.5. The van der Waals surface area contributed by atoms with Crippen LogP contribution in [0.4, 0.5) is 0 Å². The number of nitrogens with zero attached hydrogens (tertiary/aromatic N) is 2. The monoisotopic (exact) mass is 354 g/mol. The minimum atomic E-state index is -2.55. The van der Waals surface area contributed by atoms with E-state index in [0.29, 0.717) is 24.3 Å². The Morgan fingerprint density at radius 1 is 1.04 bits per heavy atom. The predicted molar refractivity (Wildman–Crippen MR) is 98.5 cm³/mol. The van der Waals surface area contributed by atoms with E-state index < -0.39 is 7.43 Å². The SMILES string of the molecule is CCCCOC1=NP(OCCCC)(c2ccccc2)=NC(Cl)=C1. The zero-order chi connectivity index (χ0) is 16.5. The van der Waals surface area contributed by atoms with Crippen LogP contribution in [0.1, 0.15) is 39.5 Å². The molecule has 0 spiro atoms. The zero-order valence-corrected chi connectivity index (χ0v) is 15.4. The molecule has 6 heteroatoms. The van der Waals surface area contributed by atoms with Crippen molar-refractivity contribution in [2.45, 2.75) is 39.5 Å². The second kappa shape index (κ2) is 9.27. The van der Waals surface area contributed by atoms with Crippen molar-refractivity contribution in [1.29, 1.82) is 0 Å². The molecule has 126 valence electrons. The molecule has 0 bridgehead atoms. The summed E-state index contributed by atoms with van der Waals surface area (Å²) in [5.41, 5.74) is 0. The van der Waals surface area contributed by atoms with Crippen LogP contribution in [0.25, 0.3) is 0 Å². The minimum absolute atomic E-state index is 0.389. The number of ether oxygens (including phenoxy) is 1. The van der Waals surface area contributed by atoms with Gasteiger partial charge in [-0.2, -0.15) is 4.76 Å². The second-order valence-electron chi connectivity index (χ2n) is 5.27. The lowest BCUT2D eigenvalue weighted by atomic mass is 10.4. The molecule has 1 atom stereocenters. The molecule has 0 amide bonds. The molecule has 1 aliphatic heterocycles. The summed E-state index contributed by atoms with van der Waals surface area (Å²) in [6, 6.07) is 9.89. The number of benzene rings is 1. The standard InChI is InChI=1S/C17H24ClN2O2P/c1-3-5-12-21-17-14-16(18)19-23(20-17,22-13-6-4-2)15-10-8-7-9-11-15/h7-11,14H,3-6,12-13H2,1-2H3. The van der Waals surface area contributed by atoms with E-state index in [1.54, 1.807) is 6.08 Å². The first-order chi connectivity index (χ1) is 11.2. The van der Waals surface area contributed by atoms with E-state index in [0.717, 1.165) is 31.0 Å². The maximum Gasteiger partial charge on any atom is 0.236 e. The van der Waals surface area contributed by atoms with Crippen LogP contribution in [0.15, 0.2) is 51.1 Å². The van der Waals surface area contributed by atoms with Crippen molar-refractivity contribution in [1.82, 2.24) is 0 Å². The van der Waals surface area contributed by atoms with Crippen molar-refractivity contribution >= 4 is 30.2 Å². The van der Waals surface area contributed by atoms with Gasteiger partial charge in [-0.05, 0) is 25.0 Å². The summed E-state index contributed by atoms with van der Waals surface area (Å²) < 4.78 is 21.2. The van der Waals surface area contributed by atoms with Gasteiger partial charge in [-0.25, -0.2) is 4.74 Å². The van der Waals surface area contributed by atoms with Crippen molar-refractivity contribution in [3.8, 4) is 0 Å². The van der Waals surface area contributed by atoms with Crippen molar-refractivity contribution in [2.75, 3.05) is 13.2 Å². The van der Waals surface area contributed by atoms with Crippen LogP contribution in [-0.2, 0) is 9.26 Å². The van der Waals surface area contributed by atoms with E-state index >= 15 is 0 Å². The van der Waals surface area contributed by atoms with Crippen LogP contribution in [0, 0.1) is 0 Å². The summed E-state index contributed by atoms with van der Waals surface area (Å²) in [7, 11) is -2.55. The molecular weight excluding hydrogens is 331 g/mol. The van der Waals surface area contributed by atoms with Crippen LogP contribution in [-0.4, -0.2) is 19.1 Å². The van der Waals surface area contributed by atoms with Gasteiger partial charge in [0.2, 0.25) is 13.3 Å². The molecule has 1 unspecified atom stereocenters. The lowest BCUT2D eigenvalue weighted by Crippen LogP contribution is -2.13. The number of hydrogen-bond donors (Lipinski definition) is 0. The third-order valence-corrected chi connectivity index (χ3v) is 6.10. The van der Waals surface area contributed by atoms with Gasteiger partial charge in [0, 0.05) is 11.4 Å². The first-order valence-electron chi connectivity index (χ1n) is 8.13. The number of halogens is 1. The summed E-state index contributed by atoms with van der Waals surface area (Å²) in [4.78, 5) is 0. The Morgan fingerprint density at radius 2 is 1.74 bits per heavy atom. The maximum absolute atomic E-state index is 6.25. The van der Waals surface area contributed by atoms with E-state index in [1.165, 1.54) is 0 Å². The lowest BCUT2D eigenvalue weighted by molar-refractivity contribution is 0.297. The Balaban J connectivity index is 2.34. The quantitative estimate of drug-likeness (QED) is 0.353. The van der Waals surface area contributed by atoms with Crippen molar-refractivity contribution in [2.24, 2.45) is 9.51 Å². The molecule has 0 aliphatic carbocycles. The van der Waals surface area contributed by atoms with Crippen LogP contribution in [0.5, 0.6) is 0 Å². The molecule has 0 N–H and O–H groups in total. The first-order valence-corrected chi connectivity index (χ1v) is 10.1. The second-order valence-corrected chi connectivity index (χ2v) is 7.92. The Morgan fingerprint density at radius 3 is 2.43 bits per heavy atom. The molecule has 1 heterocycles. The topological polar surface area (TPSA) is 43.2 Å². The Kier molecular flexibility index (Phi) is 7.35. The maximum atomic E-state index is 6.25. The lowest BCUT2D eigenvalue weighted by Gasteiger charge is -2.24. The summed E-state index contributed by atoms with van der Waals surface area (Å²) >= 11 is 6.25. The fourth-order valence-corrected chi connectivity index (χ4v) is 4.63. The van der Waals surface area contributed by atoms with Crippen LogP contribution >= 0.6 is 19.0 Å². The molecule has 1 aliphatic rings. The first kappa shape index (κ1) is 18.3. The molecule has 0 saturated heterocycles. The molecule has 2 rings (SSSR count). The largest absolute Gasteiger partial charge is 0.478 e. The average Bonchev–Trinajstić information content (AvgIpc) is 2.56. The summed E-state index contributed by atoms with van der Waals surface area (Å²) in [5.74, 6) is 0.520. The average molecular weight is 355 g/mol. The fraction of sp³-hybridized carbons (Fsp3) is 0.471. The van der Waals surface area contributed by atoms with Gasteiger partial charge < -0.3 is 9.26 Å². The molecule has 0 saturated carbocycles. The fourth-order valence-electron chi connectivity index (χ4n) is 2.04. The molecule has 0 radical (unpaired) electrons. The van der Waals surface area contributed by atoms with E-state index in [4.69, 9.17) is 25.6 Å². The summed E-state index contributed by atoms with van der Waals surface area (Å²) in [6.07, 6.45) is 5.74. The highest BCUT2D eigenvalue weighted by Gasteiger charge is 2.27. The molecule has 0 aromatic heterocycles. The van der Waals surface area contributed by atoms with Gasteiger partial charge >= 0.3 is 0 Å². The highest BCUT2D eigenvalue weighted by Crippen LogP contribution is 2.54. The molecule has 1 aromatic carbocycles. The third-order valence-electron chi connectivity index (χ3n) is 3.32. The van der Waals surface area contributed by atoms with Gasteiger partial charge in [0.05, 0.1) is 13.2 Å². The summed E-state index contributed by atoms with van der Waals surface area (Å²) in [5, 5.41) is 1.35. The molecule has 1 aromatic rings. The van der Waals surface area contributed by atoms with Crippen LogP contribution in [0.2, 0.25) is 0 Å². The van der Waals surface area contributed by atoms with Crippen LogP contribution < -0.4 is 5.30 Å². The smallest absolute Gasteiger partial charge is 0.236 e. The zero-order valence-electron chi connectivity index (χ0n) is 13.7. The van der Waals surface area contributed by atoms with Gasteiger partial charge in [-0.1, -0.05) is 56.5 Å². The van der Waals surface area contributed by atoms with E-state index in [2.05, 4.69) is 18.6 Å². The predicted octanol–water partition coefficient (Wildman–Crippen LogP) is 5.47. The number of unbranched alkanes of at least 4 members (excludes halogenated alkanes) is 2. The third kappa shape index (κ3) is 5.20. The van der Waals surface area contributed by atoms with E-state index in [1.807, 2.05) is 30.3 Å². The van der Waals surface area contributed by atoms with Gasteiger partial charge in [0.15, 0.2) is 0 Å². The van der Waals surface area contributed by atoms with Gasteiger partial charge in [-0.3, -0.25) is 0 Å². The van der Waals surface area contributed by atoms with Gasteiger partial charge in [0.25, 0.3) is 0 Å². The summed E-state index contributed by atoms with van der Waals surface area (Å²) in [6.45, 7) is 5.49. The molecular formula is C17H24ClN2O2P. The number of hydrogen-bond acceptors (Lipinski definition) is 4. The molecule has 4 nitrogen and oxygen atoms in total. The highest BCUT2D eigenvalue weighted by molar-refractivity contribution is 7.68. The Bertz CT molecular complexity index is 614. The van der Waals surface area contributed by atoms with E-state index in [9.17, 15) is 0 Å².